The van der Waals surface area contributed by atoms with Crippen LogP contribution in [0.2, 0.25) is 0 Å². The van der Waals surface area contributed by atoms with Crippen LogP contribution >= 0.6 is 0 Å². The number of hydrogen-bond donors (Lipinski definition) is 2. The molecule has 2 aliphatic rings. The second-order valence-electron chi connectivity index (χ2n) is 11.0. The maximum absolute atomic E-state index is 13.3. The number of nitrogens with zero attached hydrogens (tertiary/aromatic N) is 4. The topological polar surface area (TPSA) is 86.4 Å². The molecule has 1 amide bonds. The Morgan fingerprint density at radius 1 is 1.05 bits per heavy atom. The number of nitrogens with one attached hydrogen (secondary N) is 2. The van der Waals surface area contributed by atoms with E-state index in [0.29, 0.717) is 17.5 Å². The fraction of sp³-hybridized carbons (Fsp3) is 0.387. The molecule has 202 valence electrons. The van der Waals surface area contributed by atoms with Crippen molar-refractivity contribution in [2.75, 3.05) is 44.3 Å². The van der Waals surface area contributed by atoms with Gasteiger partial charge in [-0.2, -0.15) is 5.10 Å². The van der Waals surface area contributed by atoms with E-state index >= 15 is 0 Å². The van der Waals surface area contributed by atoms with Crippen molar-refractivity contribution in [2.24, 2.45) is 5.92 Å². The fourth-order valence-electron chi connectivity index (χ4n) is 5.53. The van der Waals surface area contributed by atoms with Crippen molar-refractivity contribution in [3.8, 4) is 11.3 Å². The van der Waals surface area contributed by atoms with E-state index in [-0.39, 0.29) is 11.9 Å². The minimum atomic E-state index is -0.144. The summed E-state index contributed by atoms with van der Waals surface area (Å²) < 4.78 is 5.36. The molecule has 4 heterocycles. The van der Waals surface area contributed by atoms with Crippen LogP contribution < -0.4 is 10.2 Å². The van der Waals surface area contributed by atoms with Crippen LogP contribution in [-0.2, 0) is 4.74 Å². The van der Waals surface area contributed by atoms with E-state index < -0.39 is 0 Å². The highest BCUT2D eigenvalue weighted by molar-refractivity contribution is 6.01. The number of amides is 1. The maximum Gasteiger partial charge on any atom is 0.251 e. The molecule has 8 nitrogen and oxygen atoms in total. The molecule has 2 aliphatic heterocycles. The number of carbonyl (C=O) groups excluding carboxylic acids is 1. The first-order valence-electron chi connectivity index (χ1n) is 13.9. The SMILES string of the molecule is CC(C)C[C@@H](NC(=O)c1ccc2[nH]nc(-c3ccc(N4CCN(C5COC5)CC4)cc3)c2c1)c1ccccn1. The summed E-state index contributed by atoms with van der Waals surface area (Å²) in [4.78, 5) is 22.8. The van der Waals surface area contributed by atoms with E-state index in [4.69, 9.17) is 4.74 Å². The van der Waals surface area contributed by atoms with Crippen molar-refractivity contribution in [3.05, 3.63) is 78.1 Å². The molecular formula is C31H36N6O2. The first-order chi connectivity index (χ1) is 19.0. The molecule has 2 N–H and O–H groups in total. The highest BCUT2D eigenvalue weighted by Gasteiger charge is 2.29. The Bertz CT molecular complexity index is 1410. The van der Waals surface area contributed by atoms with Crippen molar-refractivity contribution >= 4 is 22.5 Å². The van der Waals surface area contributed by atoms with Gasteiger partial charge in [-0.3, -0.25) is 19.8 Å². The third-order valence-electron chi connectivity index (χ3n) is 7.84. The maximum atomic E-state index is 13.3. The zero-order valence-electron chi connectivity index (χ0n) is 22.6. The minimum Gasteiger partial charge on any atom is -0.378 e. The van der Waals surface area contributed by atoms with Crippen LogP contribution in [0.15, 0.2) is 66.9 Å². The molecule has 1 atom stereocenters. The number of ether oxygens (including phenoxy) is 1. The van der Waals surface area contributed by atoms with E-state index in [1.807, 2.05) is 36.4 Å². The molecule has 6 rings (SSSR count). The molecule has 4 aromatic rings. The lowest BCUT2D eigenvalue weighted by Gasteiger charge is -2.43. The van der Waals surface area contributed by atoms with Crippen molar-refractivity contribution in [3.63, 3.8) is 0 Å². The molecule has 0 radical (unpaired) electrons. The van der Waals surface area contributed by atoms with Gasteiger partial charge in [0.05, 0.1) is 42.2 Å². The van der Waals surface area contributed by atoms with Crippen LogP contribution in [0.1, 0.15) is 42.4 Å². The van der Waals surface area contributed by atoms with E-state index in [1.165, 1.54) is 5.69 Å². The molecule has 8 heteroatoms. The monoisotopic (exact) mass is 524 g/mol. The third-order valence-corrected chi connectivity index (χ3v) is 7.84. The Balaban J connectivity index is 1.18. The lowest BCUT2D eigenvalue weighted by atomic mass is 9.99. The smallest absolute Gasteiger partial charge is 0.251 e. The van der Waals surface area contributed by atoms with Crippen LogP contribution in [0.3, 0.4) is 0 Å². The van der Waals surface area contributed by atoms with Crippen LogP contribution in [0, 0.1) is 5.92 Å². The molecule has 0 unspecified atom stereocenters. The molecule has 2 aromatic carbocycles. The number of rotatable bonds is 8. The van der Waals surface area contributed by atoms with Crippen LogP contribution in [0.4, 0.5) is 5.69 Å². The molecule has 0 aliphatic carbocycles. The molecule has 2 saturated heterocycles. The lowest BCUT2D eigenvalue weighted by Crippen LogP contribution is -2.56. The standard InChI is InChI=1S/C31H36N6O2/c1-21(2)17-29(28-5-3-4-12-32-28)33-31(38)23-8-11-27-26(18-23)30(35-34-27)22-6-9-24(10-7-22)36-13-15-37(16-14-36)25-19-39-20-25/h3-12,18,21,25,29H,13-17,19-20H2,1-2H3,(H,33,38)(H,34,35)/t29-/m1/s1. The fourth-order valence-corrected chi connectivity index (χ4v) is 5.53. The van der Waals surface area contributed by atoms with E-state index in [0.717, 1.165) is 73.7 Å². The predicted octanol–water partition coefficient (Wildman–Crippen LogP) is 4.66. The Hall–Kier alpha value is -3.75. The van der Waals surface area contributed by atoms with Crippen molar-refractivity contribution < 1.29 is 9.53 Å². The number of anilines is 1. The van der Waals surface area contributed by atoms with Gasteiger partial charge in [-0.1, -0.05) is 32.0 Å². The Morgan fingerprint density at radius 2 is 1.85 bits per heavy atom. The molecule has 2 aromatic heterocycles. The molecule has 0 saturated carbocycles. The number of aromatic nitrogens is 3. The predicted molar refractivity (Wildman–Crippen MR) is 154 cm³/mol. The number of benzene rings is 2. The second kappa shape index (κ2) is 11.2. The van der Waals surface area contributed by atoms with Gasteiger partial charge in [0.15, 0.2) is 0 Å². The van der Waals surface area contributed by atoms with E-state index in [2.05, 4.69) is 68.4 Å². The molecule has 0 bridgehead atoms. The van der Waals surface area contributed by atoms with Gasteiger partial charge >= 0.3 is 0 Å². The number of fused-ring (bicyclic) bond motifs is 1. The Kier molecular flexibility index (Phi) is 7.30. The largest absolute Gasteiger partial charge is 0.378 e. The van der Waals surface area contributed by atoms with Gasteiger partial charge < -0.3 is 15.0 Å². The number of H-pyrrole nitrogens is 1. The minimum absolute atomic E-state index is 0.108. The summed E-state index contributed by atoms with van der Waals surface area (Å²) in [6, 6.07) is 20.6. The quantitative estimate of drug-likeness (QED) is 0.349. The van der Waals surface area contributed by atoms with E-state index in [1.54, 1.807) is 6.20 Å². The van der Waals surface area contributed by atoms with Gasteiger partial charge in [0.1, 0.15) is 0 Å². The zero-order chi connectivity index (χ0) is 26.8. The zero-order valence-corrected chi connectivity index (χ0v) is 22.6. The van der Waals surface area contributed by atoms with E-state index in [9.17, 15) is 4.79 Å². The van der Waals surface area contributed by atoms with Gasteiger partial charge in [-0.05, 0) is 54.8 Å². The Morgan fingerprint density at radius 3 is 2.51 bits per heavy atom. The van der Waals surface area contributed by atoms with Crippen molar-refractivity contribution in [1.29, 1.82) is 0 Å². The van der Waals surface area contributed by atoms with Gasteiger partial charge in [0.25, 0.3) is 5.91 Å². The second-order valence-corrected chi connectivity index (χ2v) is 11.0. The summed E-state index contributed by atoms with van der Waals surface area (Å²) in [5.74, 6) is 0.313. The van der Waals surface area contributed by atoms with Gasteiger partial charge in [-0.15, -0.1) is 0 Å². The summed E-state index contributed by atoms with van der Waals surface area (Å²) in [6.07, 6.45) is 2.59. The van der Waals surface area contributed by atoms with Crippen molar-refractivity contribution in [2.45, 2.75) is 32.4 Å². The highest BCUT2D eigenvalue weighted by atomic mass is 16.5. The number of hydrogen-bond acceptors (Lipinski definition) is 6. The third kappa shape index (κ3) is 5.53. The highest BCUT2D eigenvalue weighted by Crippen LogP contribution is 2.30. The molecule has 39 heavy (non-hydrogen) atoms. The first kappa shape index (κ1) is 25.5. The summed E-state index contributed by atoms with van der Waals surface area (Å²) >= 11 is 0. The number of carbonyl (C=O) groups is 1. The van der Waals surface area contributed by atoms with Gasteiger partial charge in [0.2, 0.25) is 0 Å². The van der Waals surface area contributed by atoms with Crippen molar-refractivity contribution in [1.82, 2.24) is 25.4 Å². The summed E-state index contributed by atoms with van der Waals surface area (Å²) in [5.41, 5.74) is 5.51. The normalized spacial score (nSPS) is 17.4. The van der Waals surface area contributed by atoms with Crippen LogP contribution in [-0.4, -0.2) is 71.4 Å². The average Bonchev–Trinajstić information content (AvgIpc) is 3.36. The summed E-state index contributed by atoms with van der Waals surface area (Å²) in [6.45, 7) is 10.2. The molecule has 2 fully saturated rings. The molecular weight excluding hydrogens is 488 g/mol. The van der Waals surface area contributed by atoms with Crippen LogP contribution in [0.5, 0.6) is 0 Å². The number of piperazine rings is 1. The van der Waals surface area contributed by atoms with Gasteiger partial charge in [0, 0.05) is 54.6 Å². The average molecular weight is 525 g/mol. The van der Waals surface area contributed by atoms with Crippen LogP contribution in [0.25, 0.3) is 22.2 Å². The summed E-state index contributed by atoms with van der Waals surface area (Å²) in [7, 11) is 0. The first-order valence-corrected chi connectivity index (χ1v) is 13.9. The van der Waals surface area contributed by atoms with Gasteiger partial charge in [-0.25, -0.2) is 0 Å². The lowest BCUT2D eigenvalue weighted by molar-refractivity contribution is -0.0660. The number of aromatic amines is 1. The Labute approximate surface area is 229 Å². The molecule has 0 spiro atoms. The summed E-state index contributed by atoms with van der Waals surface area (Å²) in [5, 5.41) is 11.9. The number of pyridine rings is 1.